The van der Waals surface area contributed by atoms with Crippen LogP contribution in [0.2, 0.25) is 0 Å². The molecule has 4 aliphatic rings. The van der Waals surface area contributed by atoms with Crippen LogP contribution in [0.4, 0.5) is 20.5 Å². The Labute approximate surface area is 164 Å². The average molecular weight is 390 g/mol. The van der Waals surface area contributed by atoms with Gasteiger partial charge in [0.05, 0.1) is 0 Å². The molecule has 0 aromatic carbocycles. The fourth-order valence-corrected chi connectivity index (χ4v) is 5.64. The highest BCUT2D eigenvalue weighted by atomic mass is 19.3. The first-order chi connectivity index (χ1) is 13.3. The molecule has 0 radical (unpaired) electrons. The third-order valence-corrected chi connectivity index (χ3v) is 7.26. The number of fused-ring (bicyclic) bond motifs is 2. The number of carbonyl (C=O) groups is 1. The van der Waals surface area contributed by atoms with Crippen molar-refractivity contribution < 1.29 is 13.6 Å². The van der Waals surface area contributed by atoms with Crippen molar-refractivity contribution in [1.82, 2.24) is 9.97 Å². The van der Waals surface area contributed by atoms with E-state index in [1.165, 1.54) is 6.42 Å². The SMILES string of the molecule is CC(=O)CC1[C@H]2CN(c3nc(N4CCCC[C@H]4C)nc4c3CCC4(F)F)C[C@@H]12. The van der Waals surface area contributed by atoms with Crippen LogP contribution >= 0.6 is 0 Å². The van der Waals surface area contributed by atoms with Gasteiger partial charge in [-0.2, -0.15) is 13.8 Å². The molecule has 152 valence electrons. The fourth-order valence-electron chi connectivity index (χ4n) is 5.64. The standard InChI is InChI=1S/C21H28F2N4O/c1-12-5-3-4-8-27(12)20-24-18-14(6-7-21(18,22)23)19(25-20)26-10-16-15(9-13(2)28)17(16)11-26/h12,15-17H,3-11H2,1-2H3/t12-,15?,16-,17+/m1/s1. The van der Waals surface area contributed by atoms with E-state index in [0.717, 1.165) is 38.3 Å². The molecule has 4 atom stereocenters. The molecule has 1 saturated carbocycles. The van der Waals surface area contributed by atoms with Crippen LogP contribution in [0.15, 0.2) is 0 Å². The lowest BCUT2D eigenvalue weighted by atomic mass is 10.0. The Bertz CT molecular complexity index is 802. The monoisotopic (exact) mass is 390 g/mol. The lowest BCUT2D eigenvalue weighted by Crippen LogP contribution is -2.39. The number of halogens is 2. The van der Waals surface area contributed by atoms with Gasteiger partial charge in [0.15, 0.2) is 0 Å². The van der Waals surface area contributed by atoms with Gasteiger partial charge in [-0.3, -0.25) is 0 Å². The molecule has 3 heterocycles. The van der Waals surface area contributed by atoms with Gasteiger partial charge in [0.1, 0.15) is 17.3 Å². The third-order valence-electron chi connectivity index (χ3n) is 7.26. The summed E-state index contributed by atoms with van der Waals surface area (Å²) in [6.07, 6.45) is 4.09. The number of aromatic nitrogens is 2. The van der Waals surface area contributed by atoms with Gasteiger partial charge in [0.2, 0.25) is 5.95 Å². The molecule has 28 heavy (non-hydrogen) atoms. The summed E-state index contributed by atoms with van der Waals surface area (Å²) in [4.78, 5) is 25.0. The Morgan fingerprint density at radius 1 is 1.21 bits per heavy atom. The van der Waals surface area contributed by atoms with E-state index in [-0.39, 0.29) is 23.9 Å². The maximum absolute atomic E-state index is 14.6. The Morgan fingerprint density at radius 3 is 2.64 bits per heavy atom. The molecule has 1 aromatic rings. The number of alkyl halides is 2. The van der Waals surface area contributed by atoms with Crippen LogP contribution in [0.3, 0.4) is 0 Å². The molecular weight excluding hydrogens is 362 g/mol. The van der Waals surface area contributed by atoms with E-state index in [4.69, 9.17) is 4.98 Å². The maximum atomic E-state index is 14.6. The molecule has 5 rings (SSSR count). The molecule has 2 saturated heterocycles. The zero-order chi connectivity index (χ0) is 19.6. The zero-order valence-corrected chi connectivity index (χ0v) is 16.6. The van der Waals surface area contributed by atoms with Gasteiger partial charge in [-0.25, -0.2) is 4.98 Å². The van der Waals surface area contributed by atoms with E-state index in [1.807, 2.05) is 0 Å². The first-order valence-electron chi connectivity index (χ1n) is 10.7. The van der Waals surface area contributed by atoms with E-state index in [2.05, 4.69) is 21.7 Å². The Hall–Kier alpha value is -1.79. The molecule has 3 fully saturated rings. The third kappa shape index (κ3) is 2.89. The van der Waals surface area contributed by atoms with E-state index in [1.54, 1.807) is 6.92 Å². The summed E-state index contributed by atoms with van der Waals surface area (Å²) in [5.41, 5.74) is 0.592. The molecule has 1 aromatic heterocycles. The Kier molecular flexibility index (Phi) is 4.14. The van der Waals surface area contributed by atoms with Crippen LogP contribution in [-0.4, -0.2) is 41.4 Å². The molecular formula is C21H28F2N4O. The normalized spacial score (nSPS) is 33.0. The van der Waals surface area contributed by atoms with Crippen LogP contribution in [0, 0.1) is 17.8 Å². The van der Waals surface area contributed by atoms with Crippen LogP contribution in [0.1, 0.15) is 57.2 Å². The molecule has 7 heteroatoms. The van der Waals surface area contributed by atoms with E-state index in [9.17, 15) is 13.6 Å². The van der Waals surface area contributed by atoms with Crippen LogP contribution in [0.5, 0.6) is 0 Å². The molecule has 0 amide bonds. The van der Waals surface area contributed by atoms with E-state index in [0.29, 0.717) is 42.1 Å². The molecule has 0 spiro atoms. The van der Waals surface area contributed by atoms with Gasteiger partial charge in [-0.05, 0) is 57.3 Å². The van der Waals surface area contributed by atoms with Gasteiger partial charge in [0, 0.05) is 44.1 Å². The van der Waals surface area contributed by atoms with Gasteiger partial charge in [-0.1, -0.05) is 0 Å². The summed E-state index contributed by atoms with van der Waals surface area (Å²) < 4.78 is 29.1. The number of rotatable bonds is 4. The highest BCUT2D eigenvalue weighted by molar-refractivity contribution is 5.76. The van der Waals surface area contributed by atoms with Crippen molar-refractivity contribution in [3.05, 3.63) is 11.3 Å². The lowest BCUT2D eigenvalue weighted by Gasteiger charge is -2.34. The van der Waals surface area contributed by atoms with Crippen LogP contribution in [-0.2, 0) is 17.1 Å². The highest BCUT2D eigenvalue weighted by Gasteiger charge is 2.56. The minimum absolute atomic E-state index is 0.0499. The maximum Gasteiger partial charge on any atom is 0.290 e. The second-order valence-electron chi connectivity index (χ2n) is 9.22. The van der Waals surface area contributed by atoms with E-state index >= 15 is 0 Å². The minimum Gasteiger partial charge on any atom is -0.356 e. The Morgan fingerprint density at radius 2 is 1.96 bits per heavy atom. The smallest absolute Gasteiger partial charge is 0.290 e. The topological polar surface area (TPSA) is 49.3 Å². The van der Waals surface area contributed by atoms with Gasteiger partial charge in [-0.15, -0.1) is 0 Å². The minimum atomic E-state index is -2.86. The van der Waals surface area contributed by atoms with Gasteiger partial charge in [0.25, 0.3) is 5.92 Å². The predicted molar refractivity (Wildman–Crippen MR) is 103 cm³/mol. The summed E-state index contributed by atoms with van der Waals surface area (Å²) in [5.74, 6) is 0.0805. The number of hydrogen-bond acceptors (Lipinski definition) is 5. The first kappa shape index (κ1) is 18.3. The van der Waals surface area contributed by atoms with Gasteiger partial charge < -0.3 is 14.6 Å². The Balaban J connectivity index is 1.46. The second kappa shape index (κ2) is 6.36. The van der Waals surface area contributed by atoms with Crippen molar-refractivity contribution in [2.75, 3.05) is 29.4 Å². The largest absolute Gasteiger partial charge is 0.356 e. The van der Waals surface area contributed by atoms with Crippen molar-refractivity contribution >= 4 is 17.5 Å². The number of Topliss-reactive ketones (excluding diaryl/α,β-unsaturated/α-hetero) is 1. The van der Waals surface area contributed by atoms with Crippen molar-refractivity contribution in [3.63, 3.8) is 0 Å². The molecule has 5 nitrogen and oxygen atoms in total. The predicted octanol–water partition coefficient (Wildman–Crippen LogP) is 3.55. The number of nitrogens with zero attached hydrogens (tertiary/aromatic N) is 4. The summed E-state index contributed by atoms with van der Waals surface area (Å²) in [6, 6.07) is 0.279. The van der Waals surface area contributed by atoms with Crippen molar-refractivity contribution in [1.29, 1.82) is 0 Å². The number of ketones is 1. The summed E-state index contributed by atoms with van der Waals surface area (Å²) in [7, 11) is 0. The molecule has 2 aliphatic heterocycles. The fraction of sp³-hybridized carbons (Fsp3) is 0.762. The number of carbonyl (C=O) groups excluding carboxylic acids is 1. The average Bonchev–Trinajstić information content (AvgIpc) is 2.99. The molecule has 0 bridgehead atoms. The quantitative estimate of drug-likeness (QED) is 0.787. The lowest BCUT2D eigenvalue weighted by molar-refractivity contribution is -0.117. The summed E-state index contributed by atoms with van der Waals surface area (Å²) in [5, 5.41) is 0. The first-order valence-corrected chi connectivity index (χ1v) is 10.7. The van der Waals surface area contributed by atoms with Crippen molar-refractivity contribution in [2.45, 2.75) is 64.3 Å². The van der Waals surface area contributed by atoms with Crippen LogP contribution in [0.25, 0.3) is 0 Å². The van der Waals surface area contributed by atoms with Crippen molar-refractivity contribution in [2.24, 2.45) is 17.8 Å². The highest BCUT2D eigenvalue weighted by Crippen LogP contribution is 2.55. The second-order valence-corrected chi connectivity index (χ2v) is 9.22. The number of hydrogen-bond donors (Lipinski definition) is 0. The number of anilines is 2. The summed E-state index contributed by atoms with van der Waals surface area (Å²) >= 11 is 0. The summed E-state index contributed by atoms with van der Waals surface area (Å²) in [6.45, 7) is 6.26. The molecule has 2 aliphatic carbocycles. The molecule has 0 N–H and O–H groups in total. The molecule has 1 unspecified atom stereocenters. The van der Waals surface area contributed by atoms with Gasteiger partial charge >= 0.3 is 0 Å². The van der Waals surface area contributed by atoms with Crippen molar-refractivity contribution in [3.8, 4) is 0 Å². The van der Waals surface area contributed by atoms with Crippen LogP contribution < -0.4 is 9.80 Å². The number of piperidine rings is 2. The zero-order valence-electron chi connectivity index (χ0n) is 16.6. The van der Waals surface area contributed by atoms with E-state index < -0.39 is 5.92 Å².